The molecule has 2 N–H and O–H groups in total. The number of ketones is 1. The van der Waals surface area contributed by atoms with Crippen molar-refractivity contribution in [3.05, 3.63) is 29.7 Å². The second-order valence-corrected chi connectivity index (χ2v) is 4.24. The fourth-order valence-electron chi connectivity index (χ4n) is 2.20. The molecule has 1 unspecified atom stereocenters. The van der Waals surface area contributed by atoms with Crippen molar-refractivity contribution in [3.8, 4) is 11.5 Å². The van der Waals surface area contributed by atoms with Crippen LogP contribution >= 0.6 is 0 Å². The van der Waals surface area contributed by atoms with Crippen molar-refractivity contribution in [2.24, 2.45) is 11.7 Å². The lowest BCUT2D eigenvalue weighted by atomic mass is 9.86. The SMILES string of the molecule is NCC1CC(=O)c2c(-c3ccco3)noc2C1. The van der Waals surface area contributed by atoms with E-state index in [2.05, 4.69) is 5.16 Å². The summed E-state index contributed by atoms with van der Waals surface area (Å²) in [6, 6.07) is 3.52. The fraction of sp³-hybridized carbons (Fsp3) is 0.333. The summed E-state index contributed by atoms with van der Waals surface area (Å²) in [5.41, 5.74) is 6.66. The van der Waals surface area contributed by atoms with Crippen LogP contribution in [0.15, 0.2) is 27.3 Å². The van der Waals surface area contributed by atoms with E-state index in [1.165, 1.54) is 0 Å². The average molecular weight is 232 g/mol. The average Bonchev–Trinajstić information content (AvgIpc) is 2.96. The van der Waals surface area contributed by atoms with E-state index in [1.54, 1.807) is 18.4 Å². The topological polar surface area (TPSA) is 82.3 Å². The van der Waals surface area contributed by atoms with Gasteiger partial charge in [-0.25, -0.2) is 0 Å². The smallest absolute Gasteiger partial charge is 0.169 e. The number of rotatable bonds is 2. The van der Waals surface area contributed by atoms with Crippen molar-refractivity contribution in [1.82, 2.24) is 5.16 Å². The number of nitrogens with two attached hydrogens (primary N) is 1. The first-order valence-corrected chi connectivity index (χ1v) is 5.55. The van der Waals surface area contributed by atoms with Crippen molar-refractivity contribution in [3.63, 3.8) is 0 Å². The zero-order valence-electron chi connectivity index (χ0n) is 9.18. The summed E-state index contributed by atoms with van der Waals surface area (Å²) in [5.74, 6) is 1.39. The van der Waals surface area contributed by atoms with Crippen molar-refractivity contribution < 1.29 is 13.7 Å². The second kappa shape index (κ2) is 3.85. The molecule has 2 aromatic rings. The third-order valence-corrected chi connectivity index (χ3v) is 3.08. The Morgan fingerprint density at radius 2 is 2.35 bits per heavy atom. The van der Waals surface area contributed by atoms with E-state index in [1.807, 2.05) is 0 Å². The van der Waals surface area contributed by atoms with Gasteiger partial charge < -0.3 is 14.7 Å². The first-order chi connectivity index (χ1) is 8.29. The van der Waals surface area contributed by atoms with Gasteiger partial charge in [0, 0.05) is 12.8 Å². The van der Waals surface area contributed by atoms with Gasteiger partial charge in [0.25, 0.3) is 0 Å². The van der Waals surface area contributed by atoms with Gasteiger partial charge in [0.05, 0.1) is 11.8 Å². The second-order valence-electron chi connectivity index (χ2n) is 4.24. The van der Waals surface area contributed by atoms with Gasteiger partial charge in [-0.2, -0.15) is 0 Å². The molecule has 0 saturated carbocycles. The monoisotopic (exact) mass is 232 g/mol. The van der Waals surface area contributed by atoms with Crippen LogP contribution in [0.2, 0.25) is 0 Å². The molecule has 88 valence electrons. The Bertz CT molecular complexity index is 542. The highest BCUT2D eigenvalue weighted by Crippen LogP contribution is 2.33. The van der Waals surface area contributed by atoms with E-state index in [4.69, 9.17) is 14.7 Å². The third-order valence-electron chi connectivity index (χ3n) is 3.08. The van der Waals surface area contributed by atoms with Gasteiger partial charge in [-0.05, 0) is 24.6 Å². The minimum Gasteiger partial charge on any atom is -0.463 e. The number of furan rings is 1. The van der Waals surface area contributed by atoms with Crippen LogP contribution in [0.5, 0.6) is 0 Å². The van der Waals surface area contributed by atoms with Gasteiger partial charge in [0.1, 0.15) is 5.76 Å². The molecule has 17 heavy (non-hydrogen) atoms. The molecule has 2 heterocycles. The largest absolute Gasteiger partial charge is 0.463 e. The molecule has 0 aromatic carbocycles. The molecule has 0 fully saturated rings. The summed E-state index contributed by atoms with van der Waals surface area (Å²) in [7, 11) is 0. The van der Waals surface area contributed by atoms with Gasteiger partial charge in [-0.3, -0.25) is 4.79 Å². The van der Waals surface area contributed by atoms with Crippen LogP contribution in [-0.2, 0) is 6.42 Å². The van der Waals surface area contributed by atoms with Crippen LogP contribution in [-0.4, -0.2) is 17.5 Å². The molecule has 0 aliphatic heterocycles. The zero-order chi connectivity index (χ0) is 11.8. The lowest BCUT2D eigenvalue weighted by Gasteiger charge is -2.17. The van der Waals surface area contributed by atoms with E-state index < -0.39 is 0 Å². The maximum absolute atomic E-state index is 12.0. The van der Waals surface area contributed by atoms with Gasteiger partial charge in [0.15, 0.2) is 17.2 Å². The number of Topliss-reactive ketones (excluding diaryl/α,β-unsaturated/α-hetero) is 1. The summed E-state index contributed by atoms with van der Waals surface area (Å²) in [5, 5.41) is 3.93. The Labute approximate surface area is 97.6 Å². The predicted octanol–water partition coefficient (Wildman–Crippen LogP) is 1.64. The molecule has 3 rings (SSSR count). The Balaban J connectivity index is 2.06. The number of carbonyl (C=O) groups excluding carboxylic acids is 1. The lowest BCUT2D eigenvalue weighted by Crippen LogP contribution is -2.25. The first kappa shape index (κ1) is 10.3. The van der Waals surface area contributed by atoms with Crippen molar-refractivity contribution in [2.75, 3.05) is 6.54 Å². The first-order valence-electron chi connectivity index (χ1n) is 5.55. The number of carbonyl (C=O) groups is 1. The third kappa shape index (κ3) is 1.59. The summed E-state index contributed by atoms with van der Waals surface area (Å²) in [4.78, 5) is 12.0. The van der Waals surface area contributed by atoms with Crippen molar-refractivity contribution in [2.45, 2.75) is 12.8 Å². The minimum absolute atomic E-state index is 0.0364. The molecule has 1 aliphatic rings. The molecule has 2 aromatic heterocycles. The van der Waals surface area contributed by atoms with Crippen LogP contribution in [0.4, 0.5) is 0 Å². The highest BCUT2D eigenvalue weighted by atomic mass is 16.5. The van der Waals surface area contributed by atoms with E-state index in [0.717, 1.165) is 0 Å². The van der Waals surface area contributed by atoms with Crippen molar-refractivity contribution in [1.29, 1.82) is 0 Å². The molecule has 5 heteroatoms. The summed E-state index contributed by atoms with van der Waals surface area (Å²) in [6.07, 6.45) is 2.68. The molecule has 0 amide bonds. The molecular formula is C12H12N2O3. The molecular weight excluding hydrogens is 220 g/mol. The van der Waals surface area contributed by atoms with Crippen LogP contribution in [0.3, 0.4) is 0 Å². The molecule has 1 atom stereocenters. The van der Waals surface area contributed by atoms with E-state index >= 15 is 0 Å². The molecule has 0 bridgehead atoms. The van der Waals surface area contributed by atoms with E-state index in [0.29, 0.717) is 42.2 Å². The maximum Gasteiger partial charge on any atom is 0.169 e. The van der Waals surface area contributed by atoms with Gasteiger partial charge >= 0.3 is 0 Å². The summed E-state index contributed by atoms with van der Waals surface area (Å²) >= 11 is 0. The molecule has 0 radical (unpaired) electrons. The Kier molecular flexibility index (Phi) is 2.33. The molecule has 5 nitrogen and oxygen atoms in total. The van der Waals surface area contributed by atoms with Crippen LogP contribution in [0.1, 0.15) is 22.5 Å². The van der Waals surface area contributed by atoms with Crippen molar-refractivity contribution >= 4 is 5.78 Å². The number of nitrogens with zero attached hydrogens (tertiary/aromatic N) is 1. The molecule has 1 aliphatic carbocycles. The van der Waals surface area contributed by atoms with Crippen LogP contribution in [0.25, 0.3) is 11.5 Å². The standard InChI is InChI=1S/C12H12N2O3/c13-6-7-4-8(15)11-10(5-7)17-14-12(11)9-2-1-3-16-9/h1-3,7H,4-6,13H2. The number of aromatic nitrogens is 1. The van der Waals surface area contributed by atoms with Crippen LogP contribution in [0, 0.1) is 5.92 Å². The Morgan fingerprint density at radius 1 is 1.47 bits per heavy atom. The minimum atomic E-state index is 0.0364. The summed E-state index contributed by atoms with van der Waals surface area (Å²) < 4.78 is 10.5. The highest BCUT2D eigenvalue weighted by molar-refractivity contribution is 6.02. The molecule has 0 spiro atoms. The highest BCUT2D eigenvalue weighted by Gasteiger charge is 2.32. The Morgan fingerprint density at radius 3 is 3.06 bits per heavy atom. The normalized spacial score (nSPS) is 19.4. The predicted molar refractivity (Wildman–Crippen MR) is 59.4 cm³/mol. The molecule has 0 saturated heterocycles. The Hall–Kier alpha value is -1.88. The zero-order valence-corrected chi connectivity index (χ0v) is 9.18. The number of hydrogen-bond acceptors (Lipinski definition) is 5. The number of hydrogen-bond donors (Lipinski definition) is 1. The summed E-state index contributed by atoms with van der Waals surface area (Å²) in [6.45, 7) is 0.488. The van der Waals surface area contributed by atoms with Gasteiger partial charge in [0.2, 0.25) is 0 Å². The fourth-order valence-corrected chi connectivity index (χ4v) is 2.20. The van der Waals surface area contributed by atoms with Crippen LogP contribution < -0.4 is 5.73 Å². The lowest BCUT2D eigenvalue weighted by molar-refractivity contribution is 0.0945. The van der Waals surface area contributed by atoms with Gasteiger partial charge in [-0.15, -0.1) is 0 Å². The van der Waals surface area contributed by atoms with Gasteiger partial charge in [-0.1, -0.05) is 5.16 Å². The van der Waals surface area contributed by atoms with E-state index in [9.17, 15) is 4.79 Å². The van der Waals surface area contributed by atoms with E-state index in [-0.39, 0.29) is 11.7 Å². The maximum atomic E-state index is 12.0. The number of fused-ring (bicyclic) bond motifs is 1. The quantitative estimate of drug-likeness (QED) is 0.851.